The number of carbonyl (C=O) groups is 1. The molecule has 1 amide bonds. The van der Waals surface area contributed by atoms with E-state index in [0.29, 0.717) is 10.6 Å². The highest BCUT2D eigenvalue weighted by Crippen LogP contribution is 2.18. The molecule has 1 unspecified atom stereocenters. The minimum atomic E-state index is -0.0803. The number of thiophene rings is 1. The van der Waals surface area contributed by atoms with Gasteiger partial charge in [-0.25, -0.2) is 0 Å². The molecular formula is C12H19N3O2S. The van der Waals surface area contributed by atoms with E-state index in [9.17, 15) is 4.79 Å². The molecule has 0 radical (unpaired) electrons. The molecule has 1 atom stereocenters. The number of nitrogens with zero attached hydrogens (tertiary/aromatic N) is 1. The molecule has 18 heavy (non-hydrogen) atoms. The van der Waals surface area contributed by atoms with Crippen LogP contribution in [0.15, 0.2) is 11.4 Å². The van der Waals surface area contributed by atoms with E-state index in [1.807, 2.05) is 12.3 Å². The summed E-state index contributed by atoms with van der Waals surface area (Å²) in [5.74, 6) is -0.0803. The Morgan fingerprint density at radius 3 is 2.94 bits per heavy atom. The van der Waals surface area contributed by atoms with Gasteiger partial charge < -0.3 is 15.8 Å². The van der Waals surface area contributed by atoms with Gasteiger partial charge in [0.2, 0.25) is 0 Å². The molecule has 2 rings (SSSR count). The van der Waals surface area contributed by atoms with Crippen LogP contribution in [0.2, 0.25) is 0 Å². The van der Waals surface area contributed by atoms with Gasteiger partial charge in [-0.2, -0.15) is 0 Å². The molecule has 1 fully saturated rings. The fourth-order valence-electron chi connectivity index (χ4n) is 2.01. The van der Waals surface area contributed by atoms with Crippen molar-refractivity contribution in [2.75, 3.05) is 38.6 Å². The van der Waals surface area contributed by atoms with Crippen molar-refractivity contribution in [2.24, 2.45) is 0 Å². The number of hydrogen-bond acceptors (Lipinski definition) is 5. The van der Waals surface area contributed by atoms with Gasteiger partial charge in [0.15, 0.2) is 0 Å². The number of nitrogens with one attached hydrogen (secondary N) is 1. The van der Waals surface area contributed by atoms with Crippen molar-refractivity contribution >= 4 is 22.9 Å². The van der Waals surface area contributed by atoms with Crippen LogP contribution in [0.5, 0.6) is 0 Å². The lowest BCUT2D eigenvalue weighted by Gasteiger charge is -2.29. The topological polar surface area (TPSA) is 67.6 Å². The molecule has 5 nitrogen and oxygen atoms in total. The van der Waals surface area contributed by atoms with E-state index in [-0.39, 0.29) is 11.9 Å². The minimum Gasteiger partial charge on any atom is -0.397 e. The highest BCUT2D eigenvalue weighted by molar-refractivity contribution is 7.12. The predicted octanol–water partition coefficient (Wildman–Crippen LogP) is 0.781. The van der Waals surface area contributed by atoms with E-state index in [1.165, 1.54) is 11.3 Å². The van der Waals surface area contributed by atoms with Crippen LogP contribution in [0.4, 0.5) is 5.69 Å². The number of amides is 1. The van der Waals surface area contributed by atoms with Gasteiger partial charge in [-0.05, 0) is 18.4 Å². The summed E-state index contributed by atoms with van der Waals surface area (Å²) >= 11 is 1.38. The molecule has 0 aromatic carbocycles. The van der Waals surface area contributed by atoms with Gasteiger partial charge in [0.25, 0.3) is 5.91 Å². The number of morpholine rings is 1. The maximum atomic E-state index is 12.0. The van der Waals surface area contributed by atoms with Crippen molar-refractivity contribution in [1.29, 1.82) is 0 Å². The lowest BCUT2D eigenvalue weighted by molar-refractivity contribution is 0.0342. The van der Waals surface area contributed by atoms with Crippen molar-refractivity contribution in [3.05, 3.63) is 16.3 Å². The Hall–Kier alpha value is -1.11. The molecule has 0 aliphatic carbocycles. The van der Waals surface area contributed by atoms with Crippen LogP contribution in [0.25, 0.3) is 0 Å². The van der Waals surface area contributed by atoms with Gasteiger partial charge >= 0.3 is 0 Å². The first-order valence-corrected chi connectivity index (χ1v) is 6.98. The van der Waals surface area contributed by atoms with Crippen LogP contribution in [0, 0.1) is 0 Å². The van der Waals surface area contributed by atoms with Crippen LogP contribution in [-0.4, -0.2) is 49.7 Å². The molecule has 1 aliphatic heterocycles. The standard InChI is InChI=1S/C12H19N3O2S/c1-9(8-15-3-5-17-6-4-15)14-12(16)11-10(13)2-7-18-11/h2,7,9H,3-6,8,13H2,1H3,(H,14,16). The molecule has 1 aromatic rings. The van der Waals surface area contributed by atoms with E-state index in [1.54, 1.807) is 6.07 Å². The molecule has 1 aliphatic rings. The molecule has 2 heterocycles. The second-order valence-corrected chi connectivity index (χ2v) is 5.41. The lowest BCUT2D eigenvalue weighted by Crippen LogP contribution is -2.45. The van der Waals surface area contributed by atoms with E-state index in [0.717, 1.165) is 32.8 Å². The Kier molecular flexibility index (Phi) is 4.57. The number of anilines is 1. The van der Waals surface area contributed by atoms with E-state index in [4.69, 9.17) is 10.5 Å². The lowest BCUT2D eigenvalue weighted by atomic mass is 10.2. The summed E-state index contributed by atoms with van der Waals surface area (Å²) in [7, 11) is 0. The Balaban J connectivity index is 1.81. The Labute approximate surface area is 111 Å². The summed E-state index contributed by atoms with van der Waals surface area (Å²) in [5, 5.41) is 4.81. The Bertz CT molecular complexity index is 402. The van der Waals surface area contributed by atoms with Gasteiger partial charge in [0.05, 0.1) is 18.9 Å². The molecule has 0 bridgehead atoms. The fourth-order valence-corrected chi connectivity index (χ4v) is 2.73. The van der Waals surface area contributed by atoms with Crippen LogP contribution in [-0.2, 0) is 4.74 Å². The molecule has 3 N–H and O–H groups in total. The third kappa shape index (κ3) is 3.44. The second kappa shape index (κ2) is 6.17. The monoisotopic (exact) mass is 269 g/mol. The average Bonchev–Trinajstić information content (AvgIpc) is 2.76. The maximum absolute atomic E-state index is 12.0. The van der Waals surface area contributed by atoms with Gasteiger partial charge in [0.1, 0.15) is 4.88 Å². The summed E-state index contributed by atoms with van der Waals surface area (Å²) in [6, 6.07) is 1.86. The first-order chi connectivity index (χ1) is 8.66. The summed E-state index contributed by atoms with van der Waals surface area (Å²) in [4.78, 5) is 14.9. The Morgan fingerprint density at radius 2 is 2.33 bits per heavy atom. The van der Waals surface area contributed by atoms with Crippen molar-refractivity contribution in [3.8, 4) is 0 Å². The number of nitrogens with two attached hydrogens (primary N) is 1. The molecule has 1 aromatic heterocycles. The normalized spacial score (nSPS) is 18.5. The average molecular weight is 269 g/mol. The summed E-state index contributed by atoms with van der Waals surface area (Å²) in [5.41, 5.74) is 6.28. The van der Waals surface area contributed by atoms with Gasteiger partial charge in [-0.15, -0.1) is 11.3 Å². The van der Waals surface area contributed by atoms with Gasteiger partial charge in [-0.1, -0.05) is 0 Å². The third-order valence-electron chi connectivity index (χ3n) is 2.92. The molecule has 0 spiro atoms. The highest BCUT2D eigenvalue weighted by Gasteiger charge is 2.17. The largest absolute Gasteiger partial charge is 0.397 e. The highest BCUT2D eigenvalue weighted by atomic mass is 32.1. The molecule has 6 heteroatoms. The first kappa shape index (κ1) is 13.3. The van der Waals surface area contributed by atoms with Gasteiger partial charge in [-0.3, -0.25) is 9.69 Å². The van der Waals surface area contributed by atoms with Crippen LogP contribution in [0.1, 0.15) is 16.6 Å². The van der Waals surface area contributed by atoms with Crippen LogP contribution >= 0.6 is 11.3 Å². The fraction of sp³-hybridized carbons (Fsp3) is 0.583. The van der Waals surface area contributed by atoms with E-state index in [2.05, 4.69) is 10.2 Å². The Morgan fingerprint density at radius 1 is 1.61 bits per heavy atom. The third-order valence-corrected chi connectivity index (χ3v) is 3.84. The van der Waals surface area contributed by atoms with Gasteiger partial charge in [0, 0.05) is 25.7 Å². The SMILES string of the molecule is CC(CN1CCOCC1)NC(=O)c1sccc1N. The summed E-state index contributed by atoms with van der Waals surface area (Å²) < 4.78 is 5.29. The molecular weight excluding hydrogens is 250 g/mol. The van der Waals surface area contributed by atoms with Crippen molar-refractivity contribution < 1.29 is 9.53 Å². The molecule has 1 saturated heterocycles. The predicted molar refractivity (Wildman–Crippen MR) is 72.9 cm³/mol. The molecule has 0 saturated carbocycles. The summed E-state index contributed by atoms with van der Waals surface area (Å²) in [6.07, 6.45) is 0. The number of hydrogen-bond donors (Lipinski definition) is 2. The number of ether oxygens (including phenoxy) is 1. The quantitative estimate of drug-likeness (QED) is 0.847. The second-order valence-electron chi connectivity index (χ2n) is 4.49. The van der Waals surface area contributed by atoms with Crippen LogP contribution < -0.4 is 11.1 Å². The zero-order valence-corrected chi connectivity index (χ0v) is 11.3. The number of carbonyl (C=O) groups excluding carboxylic acids is 1. The van der Waals surface area contributed by atoms with Crippen LogP contribution in [0.3, 0.4) is 0 Å². The summed E-state index contributed by atoms with van der Waals surface area (Å²) in [6.45, 7) is 6.28. The first-order valence-electron chi connectivity index (χ1n) is 6.10. The number of rotatable bonds is 4. The van der Waals surface area contributed by atoms with Crippen molar-refractivity contribution in [2.45, 2.75) is 13.0 Å². The smallest absolute Gasteiger partial charge is 0.263 e. The number of nitrogen functional groups attached to an aromatic ring is 1. The maximum Gasteiger partial charge on any atom is 0.263 e. The minimum absolute atomic E-state index is 0.0803. The molecule has 100 valence electrons. The van der Waals surface area contributed by atoms with Crippen molar-refractivity contribution in [3.63, 3.8) is 0 Å². The van der Waals surface area contributed by atoms with Crippen molar-refractivity contribution in [1.82, 2.24) is 10.2 Å². The van der Waals surface area contributed by atoms with E-state index < -0.39 is 0 Å². The zero-order valence-electron chi connectivity index (χ0n) is 10.5. The zero-order chi connectivity index (χ0) is 13.0. The van der Waals surface area contributed by atoms with E-state index >= 15 is 0 Å².